The highest BCUT2D eigenvalue weighted by atomic mass is 16.6. The summed E-state index contributed by atoms with van der Waals surface area (Å²) in [5, 5.41) is 20.6. The predicted octanol–water partition coefficient (Wildman–Crippen LogP) is 4.04. The first-order chi connectivity index (χ1) is 17.8. The maximum atomic E-state index is 12.1. The number of aromatic amines is 1. The Labute approximate surface area is 219 Å². The zero-order chi connectivity index (χ0) is 27.0. The quantitative estimate of drug-likeness (QED) is 0.151. The fourth-order valence-electron chi connectivity index (χ4n) is 4.46. The number of esters is 1. The molecule has 1 aliphatic rings. The van der Waals surface area contributed by atoms with E-state index in [0.717, 1.165) is 23.8 Å². The fraction of sp³-hybridized carbons (Fsp3) is 0.750. The smallest absolute Gasteiger partial charge is 0.330 e. The summed E-state index contributed by atoms with van der Waals surface area (Å²) in [6, 6.07) is 0. The third kappa shape index (κ3) is 11.0. The van der Waals surface area contributed by atoms with Crippen molar-refractivity contribution < 1.29 is 24.5 Å². The Morgan fingerprint density at radius 1 is 0.973 bits per heavy atom. The van der Waals surface area contributed by atoms with Gasteiger partial charge >= 0.3 is 11.7 Å². The zero-order valence-electron chi connectivity index (χ0n) is 22.5. The molecule has 0 bridgehead atoms. The third-order valence-electron chi connectivity index (χ3n) is 6.81. The van der Waals surface area contributed by atoms with Crippen molar-refractivity contribution in [2.24, 2.45) is 0 Å². The molecule has 2 rings (SSSR count). The van der Waals surface area contributed by atoms with Crippen LogP contribution >= 0.6 is 0 Å². The van der Waals surface area contributed by atoms with Crippen molar-refractivity contribution in [2.75, 3.05) is 6.61 Å². The molecule has 0 radical (unpaired) electrons. The number of nitrogens with zero attached hydrogens (tertiary/aromatic N) is 1. The summed E-state index contributed by atoms with van der Waals surface area (Å²) < 4.78 is 11.8. The number of unbranched alkanes of at least 4 members (excludes halogenated alkanes) is 11. The minimum absolute atomic E-state index is 0.233. The number of carbonyl (C=O) groups is 1. The first-order valence-corrected chi connectivity index (χ1v) is 14.0. The van der Waals surface area contributed by atoms with E-state index in [-0.39, 0.29) is 18.6 Å². The number of H-pyrrole nitrogens is 1. The van der Waals surface area contributed by atoms with Crippen molar-refractivity contribution in [1.29, 1.82) is 0 Å². The van der Waals surface area contributed by atoms with Crippen LogP contribution < -0.4 is 11.2 Å². The normalized spacial score (nSPS) is 21.6. The Morgan fingerprint density at radius 3 is 2.22 bits per heavy atom. The Kier molecular flexibility index (Phi) is 14.5. The molecule has 0 unspecified atom stereocenters. The second-order valence-corrected chi connectivity index (χ2v) is 10.0. The van der Waals surface area contributed by atoms with E-state index >= 15 is 0 Å². The number of rotatable bonds is 18. The Bertz CT molecular complexity index is 939. The van der Waals surface area contributed by atoms with Gasteiger partial charge in [0.2, 0.25) is 0 Å². The second-order valence-electron chi connectivity index (χ2n) is 10.0. The van der Waals surface area contributed by atoms with Gasteiger partial charge in [-0.05, 0) is 39.0 Å². The average Bonchev–Trinajstić information content (AvgIpc) is 3.15. The predicted molar refractivity (Wildman–Crippen MR) is 142 cm³/mol. The van der Waals surface area contributed by atoms with Gasteiger partial charge in [-0.1, -0.05) is 70.4 Å². The lowest BCUT2D eigenvalue weighted by Gasteiger charge is -2.17. The SMILES string of the molecule is CCCCCCCCCCC/C=C\CCCCC(=O)OC[C@H]1O[C@@H](n2cc(C)c(=O)[nH]c2=O)[C@@H](O)[C@@H]1O. The zero-order valence-corrected chi connectivity index (χ0v) is 22.5. The lowest BCUT2D eigenvalue weighted by Crippen LogP contribution is -2.38. The van der Waals surface area contributed by atoms with Gasteiger partial charge in [0.05, 0.1) is 0 Å². The largest absolute Gasteiger partial charge is 0.463 e. The van der Waals surface area contributed by atoms with Crippen molar-refractivity contribution in [3.05, 3.63) is 44.8 Å². The molecule has 2 heterocycles. The topological polar surface area (TPSA) is 131 Å². The number of aliphatic hydroxyl groups is 2. The maximum absolute atomic E-state index is 12.1. The molecular weight excluding hydrogens is 476 g/mol. The van der Waals surface area contributed by atoms with Crippen LogP contribution in [-0.2, 0) is 14.3 Å². The summed E-state index contributed by atoms with van der Waals surface area (Å²) in [5.74, 6) is -0.399. The van der Waals surface area contributed by atoms with Gasteiger partial charge in [0, 0.05) is 18.2 Å². The van der Waals surface area contributed by atoms with Gasteiger partial charge in [0.1, 0.15) is 24.9 Å². The summed E-state index contributed by atoms with van der Waals surface area (Å²) in [6.07, 6.45) is 16.6. The lowest BCUT2D eigenvalue weighted by molar-refractivity contribution is -0.150. The first kappa shape index (κ1) is 31.0. The summed E-state index contributed by atoms with van der Waals surface area (Å²) in [5.41, 5.74) is -1.03. The van der Waals surface area contributed by atoms with E-state index in [1.807, 2.05) is 0 Å². The van der Waals surface area contributed by atoms with E-state index in [9.17, 15) is 24.6 Å². The highest BCUT2D eigenvalue weighted by Crippen LogP contribution is 2.28. The molecule has 1 fully saturated rings. The molecule has 1 saturated heterocycles. The van der Waals surface area contributed by atoms with Crippen molar-refractivity contribution in [3.63, 3.8) is 0 Å². The van der Waals surface area contributed by atoms with E-state index in [0.29, 0.717) is 6.42 Å². The Hall–Kier alpha value is -2.23. The van der Waals surface area contributed by atoms with Crippen LogP contribution in [0.2, 0.25) is 0 Å². The van der Waals surface area contributed by atoms with E-state index in [2.05, 4.69) is 24.1 Å². The lowest BCUT2D eigenvalue weighted by atomic mass is 10.1. The first-order valence-electron chi connectivity index (χ1n) is 14.0. The summed E-state index contributed by atoms with van der Waals surface area (Å²) in [7, 11) is 0. The van der Waals surface area contributed by atoms with Gasteiger partial charge in [-0.3, -0.25) is 19.1 Å². The number of aromatic nitrogens is 2. The standard InChI is InChI=1S/C28H46N2O7/c1-3-4-5-6-7-8-9-10-11-12-13-14-15-16-17-18-23(31)36-20-22-24(32)25(33)27(37-22)30-19-21(2)26(34)29-28(30)35/h13-14,19,22,24-25,27,32-33H,3-12,15-18,20H2,1-2H3,(H,29,34,35)/b14-13-/t22-,24-,25+,27-/m1/s1. The van der Waals surface area contributed by atoms with Crippen molar-refractivity contribution in [2.45, 2.75) is 128 Å². The molecule has 0 spiro atoms. The Balaban J connectivity index is 1.54. The van der Waals surface area contributed by atoms with Gasteiger partial charge in [-0.25, -0.2) is 4.79 Å². The van der Waals surface area contributed by atoms with Gasteiger partial charge in [-0.2, -0.15) is 0 Å². The number of ether oxygens (including phenoxy) is 2. The van der Waals surface area contributed by atoms with Crippen molar-refractivity contribution >= 4 is 5.97 Å². The summed E-state index contributed by atoms with van der Waals surface area (Å²) in [6.45, 7) is 3.53. The highest BCUT2D eigenvalue weighted by molar-refractivity contribution is 5.69. The monoisotopic (exact) mass is 522 g/mol. The molecule has 1 aliphatic heterocycles. The van der Waals surface area contributed by atoms with E-state index in [4.69, 9.17) is 9.47 Å². The van der Waals surface area contributed by atoms with Crippen molar-refractivity contribution in [3.8, 4) is 0 Å². The molecule has 9 nitrogen and oxygen atoms in total. The van der Waals surface area contributed by atoms with Crippen LogP contribution in [0.4, 0.5) is 0 Å². The molecular formula is C28H46N2O7. The van der Waals surface area contributed by atoms with Gasteiger partial charge in [-0.15, -0.1) is 0 Å². The molecule has 1 aromatic rings. The highest BCUT2D eigenvalue weighted by Gasteiger charge is 2.44. The maximum Gasteiger partial charge on any atom is 0.330 e. The number of aliphatic hydroxyl groups excluding tert-OH is 2. The number of allylic oxidation sites excluding steroid dienone is 2. The number of carbonyl (C=O) groups excluding carboxylic acids is 1. The van der Waals surface area contributed by atoms with Crippen LogP contribution in [0, 0.1) is 6.92 Å². The van der Waals surface area contributed by atoms with Crippen LogP contribution in [0.1, 0.15) is 109 Å². The average molecular weight is 523 g/mol. The van der Waals surface area contributed by atoms with E-state index < -0.39 is 41.8 Å². The molecule has 1 aromatic heterocycles. The molecule has 3 N–H and O–H groups in total. The van der Waals surface area contributed by atoms with Crippen LogP contribution in [0.5, 0.6) is 0 Å². The van der Waals surface area contributed by atoms with Crippen molar-refractivity contribution in [1.82, 2.24) is 9.55 Å². The van der Waals surface area contributed by atoms with Crippen LogP contribution in [0.3, 0.4) is 0 Å². The number of hydrogen-bond acceptors (Lipinski definition) is 7. The van der Waals surface area contributed by atoms with Gasteiger partial charge in [0.15, 0.2) is 6.23 Å². The molecule has 4 atom stereocenters. The fourth-order valence-corrected chi connectivity index (χ4v) is 4.46. The molecule has 37 heavy (non-hydrogen) atoms. The number of aryl methyl sites for hydroxylation is 1. The van der Waals surface area contributed by atoms with Crippen LogP contribution in [0.25, 0.3) is 0 Å². The van der Waals surface area contributed by atoms with Gasteiger partial charge in [0.25, 0.3) is 5.56 Å². The van der Waals surface area contributed by atoms with E-state index in [1.54, 1.807) is 0 Å². The van der Waals surface area contributed by atoms with Gasteiger partial charge < -0.3 is 19.7 Å². The molecule has 0 amide bonds. The second kappa shape index (κ2) is 17.3. The minimum atomic E-state index is -1.41. The third-order valence-corrected chi connectivity index (χ3v) is 6.81. The molecule has 9 heteroatoms. The number of hydrogen-bond donors (Lipinski definition) is 3. The molecule has 0 aliphatic carbocycles. The molecule has 210 valence electrons. The molecule has 0 aromatic carbocycles. The Morgan fingerprint density at radius 2 is 1.57 bits per heavy atom. The minimum Gasteiger partial charge on any atom is -0.463 e. The number of nitrogens with one attached hydrogen (secondary N) is 1. The van der Waals surface area contributed by atoms with E-state index in [1.165, 1.54) is 70.9 Å². The molecule has 0 saturated carbocycles. The summed E-state index contributed by atoms with van der Waals surface area (Å²) >= 11 is 0. The van der Waals surface area contributed by atoms with Crippen LogP contribution in [0.15, 0.2) is 27.9 Å². The van der Waals surface area contributed by atoms with Crippen LogP contribution in [-0.4, -0.2) is 50.7 Å². The summed E-state index contributed by atoms with van der Waals surface area (Å²) in [4.78, 5) is 37.8.